The zero-order valence-electron chi connectivity index (χ0n) is 27.8. The molecule has 0 amide bonds. The number of hydrogen-bond acceptors (Lipinski definition) is 7. The lowest BCUT2D eigenvalue weighted by molar-refractivity contribution is 0.400. The van der Waals surface area contributed by atoms with E-state index in [1.54, 1.807) is 0 Å². The molecular formula is C38H54N4S3. The van der Waals surface area contributed by atoms with Crippen molar-refractivity contribution in [2.75, 3.05) is 0 Å². The first-order valence-electron chi connectivity index (χ1n) is 18.2. The number of hydrogen-bond donors (Lipinski definition) is 0. The summed E-state index contributed by atoms with van der Waals surface area (Å²) in [6, 6.07) is 9.06. The number of rotatable bonds is 23. The fourth-order valence-electron chi connectivity index (χ4n) is 6.95. The summed E-state index contributed by atoms with van der Waals surface area (Å²) >= 11 is 4.85. The zero-order chi connectivity index (χ0) is 31.1. The molecule has 0 radical (unpaired) electrons. The molecule has 0 spiro atoms. The van der Waals surface area contributed by atoms with E-state index in [2.05, 4.69) is 62.7 Å². The topological polar surface area (TPSA) is 51.6 Å². The molecule has 3 heterocycles. The summed E-state index contributed by atoms with van der Waals surface area (Å²) in [7, 11) is 0. The Balaban J connectivity index is 1.19. The second-order valence-corrected chi connectivity index (χ2v) is 15.7. The van der Waals surface area contributed by atoms with Crippen LogP contribution in [0.4, 0.5) is 0 Å². The van der Waals surface area contributed by atoms with E-state index in [1.165, 1.54) is 179 Å². The van der Waals surface area contributed by atoms with Gasteiger partial charge in [-0.25, -0.2) is 0 Å². The van der Waals surface area contributed by atoms with Crippen LogP contribution in [0.15, 0.2) is 29.6 Å². The third-order valence-electron chi connectivity index (χ3n) is 9.61. The van der Waals surface area contributed by atoms with Crippen LogP contribution in [0.3, 0.4) is 0 Å². The number of unbranched alkanes of at least 4 members (excludes halogenated alkanes) is 16. The Kier molecular flexibility index (Phi) is 14.5. The van der Waals surface area contributed by atoms with Crippen LogP contribution < -0.4 is 0 Å². The SMILES string of the molecule is CCCCCCCCCCCCC(CCCCCCCCCC)Cc1csc(-c2cc3c(ccc4snnc43)c3nnsc23)c1. The summed E-state index contributed by atoms with van der Waals surface area (Å²) in [6.07, 6.45) is 29.3. The van der Waals surface area contributed by atoms with Gasteiger partial charge in [-0.3, -0.25) is 0 Å². The van der Waals surface area contributed by atoms with Gasteiger partial charge in [-0.15, -0.1) is 21.5 Å². The maximum absolute atomic E-state index is 4.55. The monoisotopic (exact) mass is 662 g/mol. The quantitative estimate of drug-likeness (QED) is 0.0653. The predicted octanol–water partition coefficient (Wildman–Crippen LogP) is 13.6. The Bertz CT molecular complexity index is 1550. The zero-order valence-corrected chi connectivity index (χ0v) is 30.3. The van der Waals surface area contributed by atoms with E-state index in [0.29, 0.717) is 0 Å². The van der Waals surface area contributed by atoms with E-state index >= 15 is 0 Å². The third kappa shape index (κ3) is 10.0. The van der Waals surface area contributed by atoms with Crippen molar-refractivity contribution in [3.8, 4) is 10.4 Å². The average molecular weight is 663 g/mol. The molecule has 5 aromatic rings. The molecule has 2 aromatic carbocycles. The summed E-state index contributed by atoms with van der Waals surface area (Å²) in [6.45, 7) is 4.61. The number of benzene rings is 2. The van der Waals surface area contributed by atoms with Crippen LogP contribution in [0.1, 0.15) is 148 Å². The number of nitrogens with zero attached hydrogens (tertiary/aromatic N) is 4. The molecule has 5 rings (SSSR count). The molecule has 0 saturated carbocycles. The minimum Gasteiger partial charge on any atom is -0.143 e. The van der Waals surface area contributed by atoms with E-state index in [9.17, 15) is 0 Å². The van der Waals surface area contributed by atoms with Gasteiger partial charge in [-0.1, -0.05) is 157 Å². The van der Waals surface area contributed by atoms with Crippen LogP contribution in [0.25, 0.3) is 41.6 Å². The van der Waals surface area contributed by atoms with Gasteiger partial charge in [0.05, 0.1) is 9.40 Å². The van der Waals surface area contributed by atoms with E-state index in [4.69, 9.17) is 0 Å². The first kappa shape index (κ1) is 34.4. The van der Waals surface area contributed by atoms with Gasteiger partial charge in [0.25, 0.3) is 0 Å². The maximum atomic E-state index is 4.55. The minimum absolute atomic E-state index is 0.795. The third-order valence-corrected chi connectivity index (χ3v) is 12.1. The van der Waals surface area contributed by atoms with Crippen LogP contribution >= 0.6 is 34.4 Å². The lowest BCUT2D eigenvalue weighted by Crippen LogP contribution is -2.05. The van der Waals surface area contributed by atoms with Crippen molar-refractivity contribution < 1.29 is 0 Å². The van der Waals surface area contributed by atoms with Crippen LogP contribution in [0.5, 0.6) is 0 Å². The van der Waals surface area contributed by atoms with Crippen molar-refractivity contribution in [1.29, 1.82) is 0 Å². The van der Waals surface area contributed by atoms with Gasteiger partial charge in [0, 0.05) is 21.2 Å². The largest absolute Gasteiger partial charge is 0.143 e. The lowest BCUT2D eigenvalue weighted by Gasteiger charge is -2.16. The highest BCUT2D eigenvalue weighted by atomic mass is 32.1. The highest BCUT2D eigenvalue weighted by Gasteiger charge is 2.18. The predicted molar refractivity (Wildman–Crippen MR) is 200 cm³/mol. The molecular weight excluding hydrogens is 609 g/mol. The molecule has 0 aliphatic carbocycles. The summed E-state index contributed by atoms with van der Waals surface area (Å²) < 4.78 is 10.9. The molecule has 7 heteroatoms. The minimum atomic E-state index is 0.795. The molecule has 0 bridgehead atoms. The molecule has 0 aliphatic heterocycles. The van der Waals surface area contributed by atoms with Gasteiger partial charge in [0.2, 0.25) is 0 Å². The molecule has 244 valence electrons. The Morgan fingerprint density at radius 1 is 0.600 bits per heavy atom. The van der Waals surface area contributed by atoms with Gasteiger partial charge in [-0.2, -0.15) is 0 Å². The molecule has 0 aliphatic rings. The number of thiophene rings is 1. The van der Waals surface area contributed by atoms with Gasteiger partial charge in [0.1, 0.15) is 11.0 Å². The molecule has 1 unspecified atom stereocenters. The van der Waals surface area contributed by atoms with Gasteiger partial charge in [0.15, 0.2) is 0 Å². The van der Waals surface area contributed by atoms with Gasteiger partial charge in [-0.05, 0) is 64.5 Å². The first-order chi connectivity index (χ1) is 22.3. The molecule has 0 N–H and O–H groups in total. The smallest absolute Gasteiger partial charge is 0.114 e. The summed E-state index contributed by atoms with van der Waals surface area (Å²) in [5.41, 5.74) is 4.72. The molecule has 3 aromatic heterocycles. The van der Waals surface area contributed by atoms with Crippen LogP contribution in [-0.4, -0.2) is 19.2 Å². The van der Waals surface area contributed by atoms with Crippen molar-refractivity contribution in [2.45, 2.75) is 149 Å². The van der Waals surface area contributed by atoms with Crippen LogP contribution in [-0.2, 0) is 6.42 Å². The molecule has 1 atom stereocenters. The summed E-state index contributed by atoms with van der Waals surface area (Å²) in [5.74, 6) is 0.795. The number of fused-ring (bicyclic) bond motifs is 5. The summed E-state index contributed by atoms with van der Waals surface area (Å²) in [5, 5.41) is 13.7. The molecule has 0 saturated heterocycles. The Hall–Kier alpha value is -1.96. The number of aromatic nitrogens is 4. The van der Waals surface area contributed by atoms with E-state index in [0.717, 1.165) is 32.4 Å². The second kappa shape index (κ2) is 19.0. The normalized spacial score (nSPS) is 12.7. The van der Waals surface area contributed by atoms with Crippen molar-refractivity contribution in [1.82, 2.24) is 19.2 Å². The van der Waals surface area contributed by atoms with E-state index in [-0.39, 0.29) is 0 Å². The summed E-state index contributed by atoms with van der Waals surface area (Å²) in [4.78, 5) is 1.33. The lowest BCUT2D eigenvalue weighted by atomic mass is 9.89. The van der Waals surface area contributed by atoms with Gasteiger partial charge < -0.3 is 0 Å². The van der Waals surface area contributed by atoms with Crippen LogP contribution in [0.2, 0.25) is 0 Å². The molecule has 0 fully saturated rings. The first-order valence-corrected chi connectivity index (χ1v) is 20.6. The highest BCUT2D eigenvalue weighted by molar-refractivity contribution is 7.16. The second-order valence-electron chi connectivity index (χ2n) is 13.3. The highest BCUT2D eigenvalue weighted by Crippen LogP contribution is 2.41. The Morgan fingerprint density at radius 2 is 1.18 bits per heavy atom. The van der Waals surface area contributed by atoms with Crippen molar-refractivity contribution in [3.05, 3.63) is 35.2 Å². The van der Waals surface area contributed by atoms with Crippen molar-refractivity contribution >= 4 is 65.6 Å². The standard InChI is InChI=1S/C38H54N4S3/c1-3-5-7-9-11-13-14-16-18-20-22-29(21-19-17-15-12-10-8-6-4-2)25-30-26-35(43-28-30)33-27-32-31(37-38(33)45-42-40-37)23-24-34-36(32)39-41-44-34/h23-24,26-29H,3-22,25H2,1-2H3. The van der Waals surface area contributed by atoms with Gasteiger partial charge >= 0.3 is 0 Å². The van der Waals surface area contributed by atoms with Crippen LogP contribution in [0, 0.1) is 5.92 Å². The fourth-order valence-corrected chi connectivity index (χ4v) is 9.25. The Labute approximate surface area is 283 Å². The fraction of sp³-hybridized carbons (Fsp3) is 0.632. The van der Waals surface area contributed by atoms with Crippen molar-refractivity contribution in [2.24, 2.45) is 5.92 Å². The molecule has 45 heavy (non-hydrogen) atoms. The van der Waals surface area contributed by atoms with Crippen molar-refractivity contribution in [3.63, 3.8) is 0 Å². The average Bonchev–Trinajstić information content (AvgIpc) is 3.84. The van der Waals surface area contributed by atoms with E-state index in [1.807, 2.05) is 11.3 Å². The molecule has 4 nitrogen and oxygen atoms in total. The Morgan fingerprint density at radius 3 is 1.82 bits per heavy atom. The maximum Gasteiger partial charge on any atom is 0.114 e. The van der Waals surface area contributed by atoms with E-state index < -0.39 is 0 Å².